The van der Waals surface area contributed by atoms with Crippen LogP contribution >= 0.6 is 45.3 Å². The number of nitrogens with zero attached hydrogens (tertiary/aromatic N) is 4. The molecular formula is C82H48N4O2S4. The third kappa shape index (κ3) is 8.23. The van der Waals surface area contributed by atoms with E-state index in [9.17, 15) is 30.6 Å². The van der Waals surface area contributed by atoms with E-state index in [4.69, 9.17) is 0 Å². The number of Topliss-reactive ketones (excluding diaryl/α,β-unsaturated/α-hetero) is 2. The highest BCUT2D eigenvalue weighted by Crippen LogP contribution is 2.67. The predicted molar refractivity (Wildman–Crippen MR) is 374 cm³/mol. The van der Waals surface area contributed by atoms with Gasteiger partial charge in [-0.2, -0.15) is 21.0 Å². The summed E-state index contributed by atoms with van der Waals surface area (Å²) in [5.74, 6) is -0.406. The Hall–Kier alpha value is -10.9. The van der Waals surface area contributed by atoms with Crippen LogP contribution in [0, 0.1) is 73.0 Å². The van der Waals surface area contributed by atoms with Crippen LogP contribution in [0.3, 0.4) is 0 Å². The van der Waals surface area contributed by atoms with Crippen LogP contribution in [0.2, 0.25) is 0 Å². The average molecular weight is 1250 g/mol. The topological polar surface area (TPSA) is 129 Å². The molecule has 4 heterocycles. The first-order valence-corrected chi connectivity index (χ1v) is 33.3. The first-order chi connectivity index (χ1) is 44.8. The van der Waals surface area contributed by atoms with Gasteiger partial charge in [-0.3, -0.25) is 9.59 Å². The first-order valence-electron chi connectivity index (χ1n) is 30.1. The number of hydrogen-bond donors (Lipinski definition) is 0. The minimum absolute atomic E-state index is 0.0861. The van der Waals surface area contributed by atoms with Gasteiger partial charge in [-0.25, -0.2) is 0 Å². The van der Waals surface area contributed by atoms with Gasteiger partial charge in [0.1, 0.15) is 35.4 Å². The zero-order valence-electron chi connectivity index (χ0n) is 50.0. The number of aryl methyl sites for hydroxylation is 4. The van der Waals surface area contributed by atoms with Crippen molar-refractivity contribution in [1.82, 2.24) is 0 Å². The maximum Gasteiger partial charge on any atom is 0.194 e. The molecule has 0 saturated carbocycles. The Morgan fingerprint density at radius 2 is 0.804 bits per heavy atom. The zero-order chi connectivity index (χ0) is 62.9. The number of carbonyl (C=O) groups excluding carboxylic acids is 2. The molecule has 6 nitrogen and oxygen atoms in total. The van der Waals surface area contributed by atoms with Gasteiger partial charge in [0, 0.05) is 72.3 Å². The van der Waals surface area contributed by atoms with Crippen LogP contribution in [-0.4, -0.2) is 11.6 Å². The lowest BCUT2D eigenvalue weighted by Gasteiger charge is -2.36. The van der Waals surface area contributed by atoms with Crippen LogP contribution in [0.1, 0.15) is 108 Å². The van der Waals surface area contributed by atoms with Gasteiger partial charge in [-0.15, -0.1) is 45.3 Å². The van der Waals surface area contributed by atoms with Crippen molar-refractivity contribution in [2.45, 2.75) is 38.5 Å². The summed E-state index contributed by atoms with van der Waals surface area (Å²) in [6.07, 6.45) is 3.68. The van der Waals surface area contributed by atoms with Gasteiger partial charge < -0.3 is 0 Å². The number of rotatable bonds is 8. The van der Waals surface area contributed by atoms with Gasteiger partial charge in [0.25, 0.3) is 0 Å². The lowest BCUT2D eigenvalue weighted by molar-refractivity contribution is 0.103. The van der Waals surface area contributed by atoms with Crippen molar-refractivity contribution in [3.63, 3.8) is 0 Å². The number of hydrogen-bond acceptors (Lipinski definition) is 10. The van der Waals surface area contributed by atoms with E-state index in [0.29, 0.717) is 44.5 Å². The van der Waals surface area contributed by atoms with Gasteiger partial charge >= 0.3 is 0 Å². The summed E-state index contributed by atoms with van der Waals surface area (Å²) < 4.78 is 1.15. The maximum absolute atomic E-state index is 14.1. The lowest BCUT2D eigenvalue weighted by atomic mass is 9.65. The third-order valence-electron chi connectivity index (χ3n) is 18.8. The van der Waals surface area contributed by atoms with Crippen LogP contribution in [0.25, 0.3) is 74.5 Å². The van der Waals surface area contributed by atoms with E-state index in [2.05, 4.69) is 185 Å². The van der Waals surface area contributed by atoms with Crippen LogP contribution in [-0.2, 0) is 10.8 Å². The number of benzene rings is 8. The van der Waals surface area contributed by atoms with E-state index in [-0.39, 0.29) is 22.7 Å². The second kappa shape index (κ2) is 21.4. The second-order valence-electron chi connectivity index (χ2n) is 24.0. The highest BCUT2D eigenvalue weighted by molar-refractivity contribution is 7.24. The number of ketones is 2. The molecule has 12 aromatic rings. The van der Waals surface area contributed by atoms with Crippen molar-refractivity contribution in [3.8, 4) is 65.4 Å². The minimum Gasteiger partial charge on any atom is -0.289 e. The fraction of sp³-hybridized carbons (Fsp3) is 0.0732. The van der Waals surface area contributed by atoms with E-state index in [0.717, 1.165) is 45.8 Å². The molecule has 4 aliphatic rings. The Bertz CT molecular complexity index is 5450. The van der Waals surface area contributed by atoms with Crippen molar-refractivity contribution >= 4 is 90.3 Å². The largest absolute Gasteiger partial charge is 0.289 e. The molecule has 0 unspecified atom stereocenters. The van der Waals surface area contributed by atoms with Gasteiger partial charge in [0.15, 0.2) is 11.6 Å². The fourth-order valence-electron chi connectivity index (χ4n) is 14.6. The molecule has 0 bridgehead atoms. The quantitative estimate of drug-likeness (QED) is 0.110. The van der Waals surface area contributed by atoms with E-state index in [1.807, 2.05) is 72.0 Å². The van der Waals surface area contributed by atoms with E-state index < -0.39 is 10.8 Å². The molecular weight excluding hydrogens is 1200 g/mol. The molecule has 4 aromatic heterocycles. The van der Waals surface area contributed by atoms with Crippen LogP contribution in [0.4, 0.5) is 0 Å². The molecule has 0 atom stereocenters. The summed E-state index contributed by atoms with van der Waals surface area (Å²) in [4.78, 5) is 35.3. The maximum atomic E-state index is 14.1. The summed E-state index contributed by atoms with van der Waals surface area (Å²) in [5, 5.41) is 41.5. The van der Waals surface area contributed by atoms with E-state index in [1.165, 1.54) is 81.9 Å². The van der Waals surface area contributed by atoms with Crippen molar-refractivity contribution in [2.75, 3.05) is 0 Å². The Kier molecular flexibility index (Phi) is 13.1. The average Bonchev–Trinajstić information content (AvgIpc) is 1.49. The smallest absolute Gasteiger partial charge is 0.194 e. The monoisotopic (exact) mass is 1250 g/mol. The first kappa shape index (κ1) is 56.3. The molecule has 8 aromatic carbocycles. The SMILES string of the molecule is Cc1ccc(C2(c3ccc(C)cc3)c3cc4c(cc3-c3sc(-c5ccc(/C=C6\C(=O)c7ccccc7C6=C(C#N)C#N)s5)cc32)C(c2ccc(C)cc2)(c2ccc(C)cc2)c2c-4sc3cc(-c4ccc(/C=C5\C(=O)c6ccccc6C5=C(C#N)C#N)s4)ccc23)cc1. The summed E-state index contributed by atoms with van der Waals surface area (Å²) in [7, 11) is 0. The van der Waals surface area contributed by atoms with Crippen molar-refractivity contribution in [2.24, 2.45) is 0 Å². The van der Waals surface area contributed by atoms with Gasteiger partial charge in [0.2, 0.25) is 0 Å². The normalized spacial score (nSPS) is 15.1. The number of nitriles is 4. The molecule has 432 valence electrons. The molecule has 10 heteroatoms. The highest BCUT2D eigenvalue weighted by Gasteiger charge is 2.53. The molecule has 0 amide bonds. The molecule has 0 spiro atoms. The standard InChI is InChI=1S/C82H48N4O2S4/c1-45-13-22-52(23-14-45)81(53-24-15-46(2)16-25-53)67-39-64-68(38-63(67)79-69(81)40-73(92-79)71-34-31-57(90-71)37-66-75(51(43-85)44-86)59-10-6-8-12-61(59)78(66)88)82(54-26-17-47(3)18-27-54,55-28-19-48(4)20-29-55)76-62-32-21-49(35-72(62)91-80(64)76)70-33-30-56(89-70)36-65-74(50(41-83)42-84)58-9-5-7-11-60(58)77(65)87/h5-40H,1-4H3/b65-36-,66-37-. The van der Waals surface area contributed by atoms with Crippen molar-refractivity contribution < 1.29 is 9.59 Å². The minimum atomic E-state index is -0.761. The molecule has 0 radical (unpaired) electrons. The van der Waals surface area contributed by atoms with Gasteiger partial charge in [-0.1, -0.05) is 180 Å². The Labute approximate surface area is 548 Å². The lowest BCUT2D eigenvalue weighted by Crippen LogP contribution is -2.30. The molecule has 0 aliphatic heterocycles. The molecule has 0 fully saturated rings. The Morgan fingerprint density at radius 1 is 0.380 bits per heavy atom. The third-order valence-corrected chi connectivity index (χ3v) is 23.5. The molecule has 0 N–H and O–H groups in total. The van der Waals surface area contributed by atoms with E-state index in [1.54, 1.807) is 58.3 Å². The zero-order valence-corrected chi connectivity index (χ0v) is 53.3. The Morgan fingerprint density at radius 3 is 1.28 bits per heavy atom. The van der Waals surface area contributed by atoms with Crippen LogP contribution < -0.4 is 0 Å². The summed E-state index contributed by atoms with van der Waals surface area (Å²) >= 11 is 6.80. The Balaban J connectivity index is 0.910. The molecule has 92 heavy (non-hydrogen) atoms. The number of thiophene rings is 4. The molecule has 4 aliphatic carbocycles. The van der Waals surface area contributed by atoms with Crippen LogP contribution in [0.5, 0.6) is 0 Å². The number of fused-ring (bicyclic) bond motifs is 10. The predicted octanol–water partition coefficient (Wildman–Crippen LogP) is 20.5. The van der Waals surface area contributed by atoms with Gasteiger partial charge in [0.05, 0.1) is 10.8 Å². The molecule has 0 saturated heterocycles. The van der Waals surface area contributed by atoms with Gasteiger partial charge in [-0.05, 0) is 166 Å². The fourth-order valence-corrected chi connectivity index (χ4v) is 19.1. The molecule has 16 rings (SSSR count). The number of allylic oxidation sites excluding steroid dienone is 6. The second-order valence-corrected chi connectivity index (χ2v) is 28.3. The van der Waals surface area contributed by atoms with E-state index >= 15 is 0 Å². The van der Waals surface area contributed by atoms with Crippen molar-refractivity contribution in [3.05, 3.63) is 327 Å². The number of carbonyl (C=O) groups is 2. The highest BCUT2D eigenvalue weighted by atomic mass is 32.1. The van der Waals surface area contributed by atoms with Crippen molar-refractivity contribution in [1.29, 1.82) is 21.0 Å². The summed E-state index contributed by atoms with van der Waals surface area (Å²) in [6.45, 7) is 8.57. The van der Waals surface area contributed by atoms with Crippen LogP contribution in [0.15, 0.2) is 229 Å². The summed E-state index contributed by atoms with van der Waals surface area (Å²) in [5.41, 5.74) is 19.6. The summed E-state index contributed by atoms with van der Waals surface area (Å²) in [6, 6.07) is 81.6.